The number of amides is 2. The van der Waals surface area contributed by atoms with Crippen molar-refractivity contribution in [2.24, 2.45) is 5.72 Å². The number of rotatable bonds is 1. The van der Waals surface area contributed by atoms with E-state index < -0.39 is 6.03 Å². The first kappa shape index (κ1) is 5.67. The summed E-state index contributed by atoms with van der Waals surface area (Å²) in [6, 6.07) is 3.00. The van der Waals surface area contributed by atoms with Crippen LogP contribution in [0.3, 0.4) is 0 Å². The Labute approximate surface area is 83.8 Å². The van der Waals surface area contributed by atoms with Crippen molar-refractivity contribution in [1.29, 1.82) is 0 Å². The first-order valence-electron chi connectivity index (χ1n) is 4.33. The van der Waals surface area contributed by atoms with Crippen molar-refractivity contribution in [3.05, 3.63) is 28.2 Å². The molecule has 0 fully saturated rings. The van der Waals surface area contributed by atoms with E-state index in [4.69, 9.17) is 27.4 Å². The summed E-state index contributed by atoms with van der Waals surface area (Å²) in [4.78, 5) is 11.1. The van der Waals surface area contributed by atoms with Gasteiger partial charge in [0.2, 0.25) is 0 Å². The summed E-state index contributed by atoms with van der Waals surface area (Å²) in [5.41, 5.74) is -0.0610. The average molecular weight is 208 g/mol. The molecule has 0 aromatic heterocycles. The largest absolute Gasteiger partial charge is 0.351 e. The maximum Gasteiger partial charge on any atom is 0.316 e. The highest BCUT2D eigenvalue weighted by atomic mass is 35.5. The van der Waals surface area contributed by atoms with Gasteiger partial charge in [0.25, 0.3) is 0 Å². The summed E-state index contributed by atoms with van der Waals surface area (Å²) in [6.45, 7) is 0. The predicted molar refractivity (Wildman–Crippen MR) is 49.7 cm³/mol. The van der Waals surface area contributed by atoms with Gasteiger partial charge in [-0.3, -0.25) is 0 Å². The van der Waals surface area contributed by atoms with Crippen LogP contribution in [-0.2, 0) is 0 Å². The third-order valence-electron chi connectivity index (χ3n) is 1.13. The smallest absolute Gasteiger partial charge is 0.316 e. The summed E-state index contributed by atoms with van der Waals surface area (Å²) < 4.78 is 20.7. The fourth-order valence-electron chi connectivity index (χ4n) is 0.665. The van der Waals surface area contributed by atoms with Crippen molar-refractivity contribution < 1.29 is 9.03 Å². The van der Waals surface area contributed by atoms with Gasteiger partial charge in [0, 0.05) is 5.69 Å². The molecule has 3 N–H and O–H groups in total. The number of hydrogen-bond acceptors (Lipinski definition) is 1. The molecular formula is C7H6Cl2N2O. The second-order valence-corrected chi connectivity index (χ2v) is 2.81. The molecule has 1 aromatic rings. The van der Waals surface area contributed by atoms with Crippen molar-refractivity contribution in [3.63, 3.8) is 0 Å². The first-order valence-corrected chi connectivity index (χ1v) is 3.75. The minimum atomic E-state index is -1.12. The molecule has 0 unspecified atom stereocenters. The zero-order valence-corrected chi connectivity index (χ0v) is 7.30. The van der Waals surface area contributed by atoms with Crippen LogP contribution in [0.25, 0.3) is 0 Å². The predicted octanol–water partition coefficient (Wildman–Crippen LogP) is 2.48. The molecule has 5 heteroatoms. The van der Waals surface area contributed by atoms with E-state index in [2.05, 4.69) is 0 Å². The van der Waals surface area contributed by atoms with Crippen LogP contribution < -0.4 is 11.0 Å². The number of urea groups is 1. The van der Waals surface area contributed by atoms with Crippen molar-refractivity contribution in [2.75, 3.05) is 5.31 Å². The quantitative estimate of drug-likeness (QED) is 0.731. The Balaban J connectivity index is 2.97. The van der Waals surface area contributed by atoms with E-state index >= 15 is 0 Å². The Morgan fingerprint density at radius 3 is 2.92 bits per heavy atom. The van der Waals surface area contributed by atoms with Crippen LogP contribution in [0.2, 0.25) is 14.3 Å². The molecule has 3 nitrogen and oxygen atoms in total. The monoisotopic (exact) mass is 207 g/mol. The normalized spacial score (nSPS) is 12.7. The van der Waals surface area contributed by atoms with Crippen molar-refractivity contribution in [2.45, 2.75) is 0 Å². The Morgan fingerprint density at radius 2 is 2.33 bits per heavy atom. The molecular weight excluding hydrogens is 199 g/mol. The lowest BCUT2D eigenvalue weighted by atomic mass is 10.3. The molecule has 0 heterocycles. The standard InChI is InChI=1S/C7H6Cl2N2O/c8-5-2-1-4(3-6(5)9)11-7(10)12/h1-3H,(H3,10,11,12)/i/hD3. The van der Waals surface area contributed by atoms with E-state index in [1.807, 2.05) is 0 Å². The number of halogens is 2. The molecule has 0 aliphatic heterocycles. The van der Waals surface area contributed by atoms with Crippen molar-refractivity contribution in [1.82, 2.24) is 0 Å². The fourth-order valence-corrected chi connectivity index (χ4v) is 0.957. The molecule has 1 rings (SSSR count). The van der Waals surface area contributed by atoms with E-state index in [1.54, 1.807) is 0 Å². The summed E-state index contributed by atoms with van der Waals surface area (Å²) in [7, 11) is 0. The number of benzene rings is 1. The Bertz CT molecular complexity index is 388. The van der Waals surface area contributed by atoms with Crippen LogP contribution in [0.4, 0.5) is 10.5 Å². The molecule has 0 radical (unpaired) electrons. The molecule has 1 aromatic carbocycles. The van der Waals surface area contributed by atoms with E-state index in [9.17, 15) is 4.79 Å². The van der Waals surface area contributed by atoms with Gasteiger partial charge in [-0.2, -0.15) is 0 Å². The number of anilines is 1. The van der Waals surface area contributed by atoms with Gasteiger partial charge < -0.3 is 11.0 Å². The molecule has 0 saturated carbocycles. The lowest BCUT2D eigenvalue weighted by Gasteiger charge is -2.02. The summed E-state index contributed by atoms with van der Waals surface area (Å²) in [5, 5.41) is 0.873. The first-order chi connectivity index (χ1) is 6.93. The zero-order chi connectivity index (χ0) is 11.6. The molecule has 0 saturated heterocycles. The van der Waals surface area contributed by atoms with E-state index in [1.165, 1.54) is 18.2 Å². The number of primary amides is 1. The molecule has 64 valence electrons. The lowest BCUT2D eigenvalue weighted by molar-refractivity contribution is 0.259. The third-order valence-corrected chi connectivity index (χ3v) is 1.87. The minimum absolute atomic E-state index is 0.138. The van der Waals surface area contributed by atoms with Gasteiger partial charge in [-0.1, -0.05) is 23.2 Å². The van der Waals surface area contributed by atoms with Crippen LogP contribution >= 0.6 is 23.2 Å². The zero-order valence-electron chi connectivity index (χ0n) is 8.79. The van der Waals surface area contributed by atoms with Gasteiger partial charge in [-0.25, -0.2) is 4.79 Å². The van der Waals surface area contributed by atoms with Crippen LogP contribution in [-0.4, -0.2) is 6.03 Å². The second kappa shape index (κ2) is 3.65. The molecule has 0 spiro atoms. The molecule has 0 aliphatic rings. The summed E-state index contributed by atoms with van der Waals surface area (Å²) >= 11 is 11.3. The van der Waals surface area contributed by atoms with Gasteiger partial charge in [-0.05, 0) is 18.2 Å². The molecule has 0 bridgehead atoms. The number of hydrogen-bond donors (Lipinski definition) is 2. The highest BCUT2D eigenvalue weighted by Gasteiger charge is 1.99. The Hall–Kier alpha value is -0.930. The maximum absolute atomic E-state index is 11.1. The minimum Gasteiger partial charge on any atom is -0.351 e. The average Bonchev–Trinajstić information content (AvgIpc) is 2.19. The third kappa shape index (κ3) is 2.29. The Morgan fingerprint density at radius 1 is 1.58 bits per heavy atom. The Kier molecular flexibility index (Phi) is 1.72. The van der Waals surface area contributed by atoms with Crippen molar-refractivity contribution >= 4 is 34.9 Å². The molecule has 12 heavy (non-hydrogen) atoms. The fraction of sp³-hybridized carbons (Fsp3) is 0. The van der Waals surface area contributed by atoms with E-state index in [0.717, 1.165) is 0 Å². The van der Waals surface area contributed by atoms with E-state index in [0.29, 0.717) is 10.3 Å². The van der Waals surface area contributed by atoms with Gasteiger partial charge in [-0.15, -0.1) is 0 Å². The van der Waals surface area contributed by atoms with Crippen molar-refractivity contribution in [3.8, 4) is 0 Å². The summed E-state index contributed by atoms with van der Waals surface area (Å²) in [5.74, 6) is 0. The number of carbonyl (C=O) groups is 1. The second-order valence-electron chi connectivity index (χ2n) is 1.99. The van der Waals surface area contributed by atoms with Crippen LogP contribution in [0.1, 0.15) is 0 Å². The number of nitrogens with one attached hydrogen (secondary N) is 1. The SMILES string of the molecule is [2H]N([2H])C(=O)N([2H])c1ccc(Cl)c(Cl)c1. The summed E-state index contributed by atoms with van der Waals surface area (Å²) in [6.07, 6.45) is 0. The highest BCUT2D eigenvalue weighted by molar-refractivity contribution is 6.42. The number of carbonyl (C=O) groups excluding carboxylic acids is 1. The van der Waals surface area contributed by atoms with Gasteiger partial charge in [0.1, 0.15) is 0 Å². The molecule has 0 atom stereocenters. The molecule has 0 aliphatic carbocycles. The van der Waals surface area contributed by atoms with Gasteiger partial charge >= 0.3 is 6.03 Å². The van der Waals surface area contributed by atoms with Crippen LogP contribution in [0, 0.1) is 0 Å². The highest BCUT2D eigenvalue weighted by Crippen LogP contribution is 2.24. The maximum atomic E-state index is 11.1. The van der Waals surface area contributed by atoms with Crippen LogP contribution in [0.5, 0.6) is 0 Å². The van der Waals surface area contributed by atoms with Gasteiger partial charge in [0.05, 0.1) is 10.0 Å². The van der Waals surface area contributed by atoms with Crippen LogP contribution in [0.15, 0.2) is 18.2 Å². The van der Waals surface area contributed by atoms with E-state index in [-0.39, 0.29) is 16.4 Å². The number of nitrogens with two attached hydrogens (primary N) is 1. The lowest BCUT2D eigenvalue weighted by Crippen LogP contribution is -2.19. The topological polar surface area (TPSA) is 55.1 Å². The molecule has 2 amide bonds. The van der Waals surface area contributed by atoms with Gasteiger partial charge in [0.15, 0.2) is 4.24 Å².